The van der Waals surface area contributed by atoms with Crippen LogP contribution in [-0.2, 0) is 0 Å². The number of nitrogens with two attached hydrogens (primary N) is 1. The van der Waals surface area contributed by atoms with E-state index >= 15 is 0 Å². The van der Waals surface area contributed by atoms with Crippen LogP contribution in [-0.4, -0.2) is 40.6 Å². The van der Waals surface area contributed by atoms with Gasteiger partial charge in [0.15, 0.2) is 0 Å². The average Bonchev–Trinajstić information content (AvgIpc) is 3.09. The van der Waals surface area contributed by atoms with E-state index in [2.05, 4.69) is 20.1 Å². The molecule has 0 amide bonds. The van der Waals surface area contributed by atoms with Gasteiger partial charge in [0.05, 0.1) is 5.25 Å². The predicted octanol–water partition coefficient (Wildman–Crippen LogP) is 1.55. The molecular weight excluding hydrogens is 246 g/mol. The van der Waals surface area contributed by atoms with Gasteiger partial charge in [-0.2, -0.15) is 16.7 Å². The maximum absolute atomic E-state index is 5.77. The molecule has 3 N–H and O–H groups in total. The Bertz CT molecular complexity index is 388. The highest BCUT2D eigenvalue weighted by atomic mass is 32.2. The van der Waals surface area contributed by atoms with Gasteiger partial charge in [0.25, 0.3) is 0 Å². The van der Waals surface area contributed by atoms with Crippen molar-refractivity contribution >= 4 is 17.7 Å². The zero-order valence-corrected chi connectivity index (χ0v) is 11.5. The standard InChI is InChI=1S/C12H21N5S/c13-7-9-3-1-5-17(8-9)12-14-11(15-16-12)10-4-2-6-18-10/h9-10H,1-8,13H2,(H,14,15,16). The van der Waals surface area contributed by atoms with E-state index in [-0.39, 0.29) is 0 Å². The number of rotatable bonds is 3. The molecule has 3 rings (SSSR count). The van der Waals surface area contributed by atoms with Gasteiger partial charge in [0, 0.05) is 13.1 Å². The fraction of sp³-hybridized carbons (Fsp3) is 0.833. The van der Waals surface area contributed by atoms with Crippen LogP contribution in [0.2, 0.25) is 0 Å². The molecule has 18 heavy (non-hydrogen) atoms. The van der Waals surface area contributed by atoms with Crippen molar-refractivity contribution in [1.29, 1.82) is 0 Å². The number of anilines is 1. The molecule has 6 heteroatoms. The van der Waals surface area contributed by atoms with Crippen molar-refractivity contribution in [3.63, 3.8) is 0 Å². The molecule has 2 unspecified atom stereocenters. The van der Waals surface area contributed by atoms with E-state index in [4.69, 9.17) is 5.73 Å². The Morgan fingerprint density at radius 2 is 2.33 bits per heavy atom. The van der Waals surface area contributed by atoms with Crippen LogP contribution in [0.4, 0.5) is 5.95 Å². The van der Waals surface area contributed by atoms with Gasteiger partial charge in [-0.15, -0.1) is 5.10 Å². The molecule has 2 aliphatic rings. The lowest BCUT2D eigenvalue weighted by molar-refractivity contribution is 0.419. The van der Waals surface area contributed by atoms with Crippen molar-refractivity contribution in [2.45, 2.75) is 30.9 Å². The highest BCUT2D eigenvalue weighted by Crippen LogP contribution is 2.38. The van der Waals surface area contributed by atoms with Crippen molar-refractivity contribution in [2.24, 2.45) is 11.7 Å². The lowest BCUT2D eigenvalue weighted by Crippen LogP contribution is -2.39. The molecule has 0 radical (unpaired) electrons. The summed E-state index contributed by atoms with van der Waals surface area (Å²) in [5.41, 5.74) is 5.77. The maximum atomic E-state index is 5.77. The minimum atomic E-state index is 0.529. The first-order chi connectivity index (χ1) is 8.86. The smallest absolute Gasteiger partial charge is 0.244 e. The van der Waals surface area contributed by atoms with E-state index in [1.807, 2.05) is 11.8 Å². The molecule has 0 aromatic carbocycles. The summed E-state index contributed by atoms with van der Waals surface area (Å²) in [5.74, 6) is 3.78. The Hall–Kier alpha value is -0.750. The highest BCUT2D eigenvalue weighted by Gasteiger charge is 2.25. The molecule has 2 fully saturated rings. The topological polar surface area (TPSA) is 70.8 Å². The van der Waals surface area contributed by atoms with Crippen LogP contribution in [0.3, 0.4) is 0 Å². The second-order valence-electron chi connectivity index (χ2n) is 5.21. The molecule has 0 spiro atoms. The van der Waals surface area contributed by atoms with Gasteiger partial charge in [0.2, 0.25) is 5.95 Å². The Morgan fingerprint density at radius 1 is 1.39 bits per heavy atom. The zero-order valence-electron chi connectivity index (χ0n) is 10.6. The van der Waals surface area contributed by atoms with E-state index in [9.17, 15) is 0 Å². The van der Waals surface area contributed by atoms with E-state index < -0.39 is 0 Å². The average molecular weight is 267 g/mol. The molecule has 0 saturated carbocycles. The summed E-state index contributed by atoms with van der Waals surface area (Å²) in [7, 11) is 0. The molecule has 0 bridgehead atoms. The largest absolute Gasteiger partial charge is 0.339 e. The third-order valence-corrected chi connectivity index (χ3v) is 5.25. The fourth-order valence-electron chi connectivity index (χ4n) is 2.78. The summed E-state index contributed by atoms with van der Waals surface area (Å²) in [4.78, 5) is 6.96. The van der Waals surface area contributed by atoms with Gasteiger partial charge < -0.3 is 10.6 Å². The second-order valence-corrected chi connectivity index (χ2v) is 6.52. The summed E-state index contributed by atoms with van der Waals surface area (Å²) in [6.45, 7) is 2.84. The number of nitrogens with zero attached hydrogens (tertiary/aromatic N) is 3. The number of aromatic nitrogens is 3. The number of hydrogen-bond acceptors (Lipinski definition) is 5. The van der Waals surface area contributed by atoms with Gasteiger partial charge in [-0.3, -0.25) is 5.10 Å². The first-order valence-corrected chi connectivity index (χ1v) is 7.90. The normalized spacial score (nSPS) is 28.8. The number of aromatic amines is 1. The number of thioether (sulfide) groups is 1. The third kappa shape index (κ3) is 2.49. The van der Waals surface area contributed by atoms with E-state index in [1.165, 1.54) is 31.4 Å². The second kappa shape index (κ2) is 5.48. The Morgan fingerprint density at radius 3 is 3.11 bits per heavy atom. The van der Waals surface area contributed by atoms with Crippen LogP contribution >= 0.6 is 11.8 Å². The van der Waals surface area contributed by atoms with Crippen LogP contribution in [0.25, 0.3) is 0 Å². The zero-order chi connectivity index (χ0) is 12.4. The van der Waals surface area contributed by atoms with Crippen LogP contribution in [0.1, 0.15) is 36.8 Å². The van der Waals surface area contributed by atoms with Gasteiger partial charge in [0.1, 0.15) is 5.82 Å². The number of piperidine rings is 1. The van der Waals surface area contributed by atoms with Crippen molar-refractivity contribution in [1.82, 2.24) is 15.2 Å². The Labute approximate surface area is 112 Å². The monoisotopic (exact) mass is 267 g/mol. The molecule has 100 valence electrons. The Kier molecular flexibility index (Phi) is 3.75. The van der Waals surface area contributed by atoms with Crippen molar-refractivity contribution in [2.75, 3.05) is 30.3 Å². The molecular formula is C12H21N5S. The summed E-state index contributed by atoms with van der Waals surface area (Å²) in [6.07, 6.45) is 4.96. The summed E-state index contributed by atoms with van der Waals surface area (Å²) in [6, 6.07) is 0. The molecule has 1 aromatic rings. The maximum Gasteiger partial charge on any atom is 0.244 e. The van der Waals surface area contributed by atoms with Gasteiger partial charge in [-0.1, -0.05) is 0 Å². The van der Waals surface area contributed by atoms with Crippen molar-refractivity contribution in [3.8, 4) is 0 Å². The summed E-state index contributed by atoms with van der Waals surface area (Å²) < 4.78 is 0. The molecule has 2 saturated heterocycles. The minimum Gasteiger partial charge on any atom is -0.339 e. The van der Waals surface area contributed by atoms with Crippen LogP contribution in [0.5, 0.6) is 0 Å². The first-order valence-electron chi connectivity index (χ1n) is 6.85. The number of H-pyrrole nitrogens is 1. The van der Waals surface area contributed by atoms with E-state index in [0.29, 0.717) is 11.2 Å². The summed E-state index contributed by atoms with van der Waals surface area (Å²) in [5, 5.41) is 8.04. The third-order valence-electron chi connectivity index (χ3n) is 3.86. The lowest BCUT2D eigenvalue weighted by Gasteiger charge is -2.31. The van der Waals surface area contributed by atoms with Gasteiger partial charge >= 0.3 is 0 Å². The van der Waals surface area contributed by atoms with Crippen LogP contribution in [0, 0.1) is 5.92 Å². The molecule has 2 atom stereocenters. The Balaban J connectivity index is 1.68. The highest BCUT2D eigenvalue weighted by molar-refractivity contribution is 7.99. The van der Waals surface area contributed by atoms with Gasteiger partial charge in [-0.05, 0) is 43.9 Å². The summed E-state index contributed by atoms with van der Waals surface area (Å²) >= 11 is 1.99. The number of nitrogens with one attached hydrogen (secondary N) is 1. The first kappa shape index (κ1) is 12.3. The number of hydrogen-bond donors (Lipinski definition) is 2. The van der Waals surface area contributed by atoms with Crippen LogP contribution < -0.4 is 10.6 Å². The molecule has 3 heterocycles. The quantitative estimate of drug-likeness (QED) is 0.869. The predicted molar refractivity (Wildman–Crippen MR) is 74.8 cm³/mol. The minimum absolute atomic E-state index is 0.529. The molecule has 0 aliphatic carbocycles. The molecule has 2 aliphatic heterocycles. The van der Waals surface area contributed by atoms with E-state index in [1.54, 1.807) is 0 Å². The lowest BCUT2D eigenvalue weighted by atomic mass is 9.99. The molecule has 5 nitrogen and oxygen atoms in total. The SMILES string of the molecule is NCC1CCCN(c2n[nH]c(C3CCCS3)n2)C1. The van der Waals surface area contributed by atoms with Crippen molar-refractivity contribution < 1.29 is 0 Å². The van der Waals surface area contributed by atoms with E-state index in [0.717, 1.165) is 31.4 Å². The van der Waals surface area contributed by atoms with Gasteiger partial charge in [-0.25, -0.2) is 0 Å². The van der Waals surface area contributed by atoms with Crippen molar-refractivity contribution in [3.05, 3.63) is 5.82 Å². The fourth-order valence-corrected chi connectivity index (χ4v) is 4.00. The van der Waals surface area contributed by atoms with Crippen LogP contribution in [0.15, 0.2) is 0 Å². The molecule has 1 aromatic heterocycles.